The van der Waals surface area contributed by atoms with Crippen molar-refractivity contribution in [2.24, 2.45) is 4.99 Å². The summed E-state index contributed by atoms with van der Waals surface area (Å²) in [5, 5.41) is 1.46. The molecule has 2 nitrogen and oxygen atoms in total. The predicted molar refractivity (Wildman–Crippen MR) is 162 cm³/mol. The van der Waals surface area contributed by atoms with Crippen molar-refractivity contribution in [3.63, 3.8) is 0 Å². The Bertz CT molecular complexity index is 1400. The molecule has 0 bridgehead atoms. The number of fused-ring (bicyclic) bond motifs is 1. The third-order valence-electron chi connectivity index (χ3n) is 8.35. The van der Waals surface area contributed by atoms with Gasteiger partial charge >= 0.3 is 0 Å². The molecular weight excluding hydrogens is 501 g/mol. The average Bonchev–Trinajstić information content (AvgIpc) is 3.68. The van der Waals surface area contributed by atoms with Crippen LogP contribution in [0.25, 0.3) is 0 Å². The maximum Gasteiger partial charge on any atom is 0.114 e. The molecule has 1 saturated heterocycles. The Morgan fingerprint density at radius 2 is 1.24 bits per heavy atom. The van der Waals surface area contributed by atoms with Crippen molar-refractivity contribution in [2.45, 2.75) is 53.3 Å². The van der Waals surface area contributed by atoms with Crippen LogP contribution in [0.2, 0.25) is 0 Å². The molecule has 0 unspecified atom stereocenters. The van der Waals surface area contributed by atoms with E-state index in [-0.39, 0.29) is 21.0 Å². The van der Waals surface area contributed by atoms with Gasteiger partial charge in [0.1, 0.15) is 4.08 Å². The third kappa shape index (κ3) is 4.05. The largest absolute Gasteiger partial charge is 0.274 e. The topological polar surface area (TPSA) is 15.6 Å². The van der Waals surface area contributed by atoms with Gasteiger partial charge in [0.2, 0.25) is 0 Å². The molecule has 0 amide bonds. The molecule has 0 N–H and O–H groups in total. The van der Waals surface area contributed by atoms with Gasteiger partial charge in [-0.2, -0.15) is 0 Å². The van der Waals surface area contributed by atoms with E-state index < -0.39 is 0 Å². The predicted octanol–water partition coefficient (Wildman–Crippen LogP) is 8.88. The second kappa shape index (κ2) is 10.1. The minimum Gasteiger partial charge on any atom is -0.274 e. The summed E-state index contributed by atoms with van der Waals surface area (Å²) in [5.74, 6) is 0. The zero-order valence-electron chi connectivity index (χ0n) is 21.4. The normalized spacial score (nSPS) is 26.3. The second-order valence-electron chi connectivity index (χ2n) is 10.6. The van der Waals surface area contributed by atoms with E-state index in [4.69, 9.17) is 4.99 Å². The molecule has 2 spiro atoms. The molecule has 1 aliphatic carbocycles. The average molecular weight is 533 g/mol. The molecule has 0 aromatic heterocycles. The fraction of sp³-hybridized carbons (Fsp3) is 0.265. The number of rotatable bonds is 5. The Labute approximate surface area is 234 Å². The molecule has 38 heavy (non-hydrogen) atoms. The lowest BCUT2D eigenvalue weighted by Gasteiger charge is -2.43. The highest BCUT2D eigenvalue weighted by atomic mass is 32.2. The molecule has 2 fully saturated rings. The van der Waals surface area contributed by atoms with Crippen molar-refractivity contribution in [1.82, 2.24) is 4.90 Å². The number of hydrogen-bond acceptors (Lipinski definition) is 4. The van der Waals surface area contributed by atoms with Crippen LogP contribution in [0.15, 0.2) is 126 Å². The summed E-state index contributed by atoms with van der Waals surface area (Å²) >= 11 is 4.23. The van der Waals surface area contributed by atoms with E-state index in [1.54, 1.807) is 0 Å². The first-order valence-corrected chi connectivity index (χ1v) is 15.4. The highest BCUT2D eigenvalue weighted by Gasteiger charge is 2.68. The standard InChI is InChI=1S/C34H32N2S2/c1-5-15-26(16-6-1)25-36-30(27-17-7-2-8-18-27)34(38-32(36)29-21-11-4-12-22-29)33(23-13-14-24-33)35-31(37-34)28-19-9-3-10-20-28/h1-12,15-22,30,32H,13-14,23-25H2/t30-,32-,34+/m0/s1. The first-order valence-electron chi connectivity index (χ1n) is 13.7. The van der Waals surface area contributed by atoms with E-state index in [2.05, 4.69) is 150 Å². The highest BCUT2D eigenvalue weighted by Crippen LogP contribution is 2.73. The van der Waals surface area contributed by atoms with Crippen LogP contribution >= 0.6 is 23.5 Å². The summed E-state index contributed by atoms with van der Waals surface area (Å²) in [7, 11) is 0. The van der Waals surface area contributed by atoms with E-state index in [9.17, 15) is 0 Å². The van der Waals surface area contributed by atoms with Gasteiger partial charge in [-0.25, -0.2) is 0 Å². The fourth-order valence-corrected chi connectivity index (χ4v) is 10.8. The molecule has 4 aromatic rings. The van der Waals surface area contributed by atoms with Gasteiger partial charge in [0.25, 0.3) is 0 Å². The number of benzene rings is 4. The van der Waals surface area contributed by atoms with Gasteiger partial charge in [0, 0.05) is 12.1 Å². The first-order chi connectivity index (χ1) is 18.8. The Balaban J connectivity index is 1.42. The maximum absolute atomic E-state index is 5.70. The summed E-state index contributed by atoms with van der Waals surface area (Å²) in [6.45, 7) is 0.909. The van der Waals surface area contributed by atoms with Crippen LogP contribution in [0.3, 0.4) is 0 Å². The van der Waals surface area contributed by atoms with Crippen LogP contribution in [-0.4, -0.2) is 19.6 Å². The van der Waals surface area contributed by atoms with Crippen molar-refractivity contribution in [2.75, 3.05) is 0 Å². The number of nitrogens with zero attached hydrogens (tertiary/aromatic N) is 2. The van der Waals surface area contributed by atoms with Crippen molar-refractivity contribution in [3.8, 4) is 0 Å². The SMILES string of the molecule is c1ccc(CN2[C@@H](c3ccccc3)[C@@]3(SC(c4ccccc4)=NC34CCCC4)S[C@H]2c2ccccc2)cc1. The van der Waals surface area contributed by atoms with Gasteiger partial charge < -0.3 is 0 Å². The molecule has 7 rings (SSSR count). The van der Waals surface area contributed by atoms with Gasteiger partial charge in [0.05, 0.1) is 22.0 Å². The monoisotopic (exact) mass is 532 g/mol. The van der Waals surface area contributed by atoms with Gasteiger partial charge in [-0.3, -0.25) is 9.89 Å². The molecule has 3 aliphatic rings. The molecule has 3 atom stereocenters. The molecule has 4 aromatic carbocycles. The molecule has 2 aliphatic heterocycles. The van der Waals surface area contributed by atoms with Crippen LogP contribution in [0.5, 0.6) is 0 Å². The van der Waals surface area contributed by atoms with Gasteiger partial charge in [0.15, 0.2) is 0 Å². The number of thioether (sulfide) groups is 2. The Hall–Kier alpha value is -2.79. The lowest BCUT2D eigenvalue weighted by Crippen LogP contribution is -2.48. The van der Waals surface area contributed by atoms with E-state index in [1.807, 2.05) is 0 Å². The lowest BCUT2D eigenvalue weighted by molar-refractivity contribution is 0.160. The van der Waals surface area contributed by atoms with Crippen LogP contribution in [-0.2, 0) is 6.54 Å². The molecule has 0 radical (unpaired) electrons. The Kier molecular flexibility index (Phi) is 6.43. The van der Waals surface area contributed by atoms with E-state index in [1.165, 1.54) is 40.1 Å². The summed E-state index contributed by atoms with van der Waals surface area (Å²) < 4.78 is -0.106. The summed E-state index contributed by atoms with van der Waals surface area (Å²) in [6.07, 6.45) is 4.83. The zero-order valence-corrected chi connectivity index (χ0v) is 23.1. The maximum atomic E-state index is 5.70. The third-order valence-corrected chi connectivity index (χ3v) is 12.0. The second-order valence-corrected chi connectivity index (χ2v) is 13.5. The number of aliphatic imine (C=N–C) groups is 1. The molecule has 1 saturated carbocycles. The quantitative estimate of drug-likeness (QED) is 0.255. The van der Waals surface area contributed by atoms with Crippen LogP contribution in [0.4, 0.5) is 0 Å². The molecular formula is C34H32N2S2. The summed E-state index contributed by atoms with van der Waals surface area (Å²) in [6, 6.07) is 44.5. The minimum atomic E-state index is -0.106. The van der Waals surface area contributed by atoms with E-state index in [0.717, 1.165) is 19.4 Å². The minimum absolute atomic E-state index is 0.0769. The Morgan fingerprint density at radius 3 is 1.87 bits per heavy atom. The summed E-state index contributed by atoms with van der Waals surface area (Å²) in [4.78, 5) is 8.48. The van der Waals surface area contributed by atoms with Crippen molar-refractivity contribution in [1.29, 1.82) is 0 Å². The number of hydrogen-bond donors (Lipinski definition) is 0. The van der Waals surface area contributed by atoms with E-state index >= 15 is 0 Å². The highest BCUT2D eigenvalue weighted by molar-refractivity contribution is 8.27. The van der Waals surface area contributed by atoms with Crippen molar-refractivity contribution < 1.29 is 0 Å². The first kappa shape index (κ1) is 24.3. The Morgan fingerprint density at radius 1 is 0.684 bits per heavy atom. The van der Waals surface area contributed by atoms with Crippen LogP contribution in [0, 0.1) is 0 Å². The van der Waals surface area contributed by atoms with Gasteiger partial charge in [-0.15, -0.1) is 11.8 Å². The van der Waals surface area contributed by atoms with Crippen LogP contribution in [0.1, 0.15) is 59.4 Å². The van der Waals surface area contributed by atoms with Crippen molar-refractivity contribution >= 4 is 28.6 Å². The lowest BCUT2D eigenvalue weighted by atomic mass is 9.84. The zero-order chi connectivity index (χ0) is 25.4. The summed E-state index contributed by atoms with van der Waals surface area (Å²) in [5.41, 5.74) is 5.32. The molecule has 4 heteroatoms. The van der Waals surface area contributed by atoms with E-state index in [0.29, 0.717) is 0 Å². The molecule has 190 valence electrons. The molecule has 2 heterocycles. The van der Waals surface area contributed by atoms with Gasteiger partial charge in [-0.05, 0) is 29.5 Å². The fourth-order valence-electron chi connectivity index (χ4n) is 6.65. The van der Waals surface area contributed by atoms with Crippen molar-refractivity contribution in [3.05, 3.63) is 144 Å². The van der Waals surface area contributed by atoms with Crippen LogP contribution < -0.4 is 0 Å². The smallest absolute Gasteiger partial charge is 0.114 e. The van der Waals surface area contributed by atoms with Gasteiger partial charge in [-0.1, -0.05) is 146 Å².